The highest BCUT2D eigenvalue weighted by atomic mass is 16.3. The number of nitrogens with two attached hydrogens (primary N) is 1. The highest BCUT2D eigenvalue weighted by Gasteiger charge is 1.98. The van der Waals surface area contributed by atoms with Crippen molar-refractivity contribution in [1.82, 2.24) is 0 Å². The Morgan fingerprint density at radius 2 is 1.82 bits per heavy atom. The zero-order chi connectivity index (χ0) is 8.27. The summed E-state index contributed by atoms with van der Waals surface area (Å²) in [6, 6.07) is 5.79. The molecule has 11 heavy (non-hydrogen) atoms. The van der Waals surface area contributed by atoms with Crippen molar-refractivity contribution in [2.75, 3.05) is 0 Å². The average Bonchev–Trinajstić information content (AvgIpc) is 2.05. The fraction of sp³-hybridized carbons (Fsp3) is 0. The summed E-state index contributed by atoms with van der Waals surface area (Å²) in [7, 11) is 0. The topological polar surface area (TPSA) is 72.5 Å². The van der Waals surface area contributed by atoms with E-state index in [0.717, 1.165) is 0 Å². The molecule has 0 radical (unpaired) electrons. The van der Waals surface area contributed by atoms with Gasteiger partial charge >= 0.3 is 0 Å². The number of benzene rings is 1. The van der Waals surface area contributed by atoms with Crippen molar-refractivity contribution < 1.29 is 4.79 Å². The Bertz CT molecular complexity index is 279. The molecule has 0 spiro atoms. The molecule has 2 N–H and O–H groups in total. The molecule has 0 unspecified atom stereocenters. The quantitative estimate of drug-likeness (QED) is 0.643. The second-order valence-corrected chi connectivity index (χ2v) is 2.00. The van der Waals surface area contributed by atoms with Crippen LogP contribution in [-0.2, 0) is 0 Å². The van der Waals surface area contributed by atoms with Crippen LogP contribution in [-0.4, -0.2) is 5.91 Å². The van der Waals surface area contributed by atoms with Crippen LogP contribution in [0.2, 0.25) is 0 Å². The molecule has 1 amide bonds. The molecule has 4 nitrogen and oxygen atoms in total. The Balaban J connectivity index is 3.00. The molecule has 0 atom stereocenters. The van der Waals surface area contributed by atoms with Crippen molar-refractivity contribution in [3.63, 3.8) is 0 Å². The van der Waals surface area contributed by atoms with E-state index in [1.807, 2.05) is 0 Å². The van der Waals surface area contributed by atoms with Gasteiger partial charge in [-0.1, -0.05) is 0 Å². The fourth-order valence-electron chi connectivity index (χ4n) is 0.687. The molecule has 0 aliphatic rings. The minimum atomic E-state index is -0.512. The van der Waals surface area contributed by atoms with Crippen LogP contribution in [0.4, 0.5) is 5.69 Å². The number of carbonyl (C=O) groups excluding carboxylic acids is 1. The first-order chi connectivity index (χ1) is 5.24. The molecular weight excluding hydrogens is 144 g/mol. The van der Waals surface area contributed by atoms with Gasteiger partial charge in [0.15, 0.2) is 0 Å². The van der Waals surface area contributed by atoms with E-state index in [9.17, 15) is 9.70 Å². The number of nitroso groups, excluding NO2 is 1. The number of nitrogens with zero attached hydrogens (tertiary/aromatic N) is 1. The van der Waals surface area contributed by atoms with E-state index in [0.29, 0.717) is 5.56 Å². The van der Waals surface area contributed by atoms with E-state index >= 15 is 0 Å². The molecule has 0 saturated heterocycles. The molecule has 1 aromatic rings. The van der Waals surface area contributed by atoms with Gasteiger partial charge in [-0.15, -0.1) is 4.91 Å². The van der Waals surface area contributed by atoms with E-state index in [4.69, 9.17) is 5.73 Å². The molecule has 0 aliphatic carbocycles. The maximum absolute atomic E-state index is 10.5. The molecule has 1 rings (SSSR count). The van der Waals surface area contributed by atoms with Crippen LogP contribution in [0.3, 0.4) is 0 Å². The Kier molecular flexibility index (Phi) is 1.96. The highest BCUT2D eigenvalue weighted by molar-refractivity contribution is 5.92. The summed E-state index contributed by atoms with van der Waals surface area (Å²) in [4.78, 5) is 20.4. The van der Waals surface area contributed by atoms with Gasteiger partial charge in [0.2, 0.25) is 5.91 Å². The summed E-state index contributed by atoms with van der Waals surface area (Å²) in [5, 5.41) is 2.67. The number of hydrogen-bond donors (Lipinski definition) is 1. The van der Waals surface area contributed by atoms with Gasteiger partial charge in [-0.3, -0.25) is 4.79 Å². The van der Waals surface area contributed by atoms with Crippen molar-refractivity contribution in [2.24, 2.45) is 10.9 Å². The van der Waals surface area contributed by atoms with E-state index in [-0.39, 0.29) is 5.69 Å². The van der Waals surface area contributed by atoms with Gasteiger partial charge in [-0.2, -0.15) is 0 Å². The summed E-state index contributed by atoms with van der Waals surface area (Å²) in [5.74, 6) is -0.512. The Hall–Kier alpha value is -1.71. The monoisotopic (exact) mass is 150 g/mol. The van der Waals surface area contributed by atoms with E-state index < -0.39 is 5.91 Å². The van der Waals surface area contributed by atoms with Gasteiger partial charge in [0.25, 0.3) is 0 Å². The lowest BCUT2D eigenvalue weighted by atomic mass is 10.2. The first kappa shape index (κ1) is 7.40. The highest BCUT2D eigenvalue weighted by Crippen LogP contribution is 2.11. The Morgan fingerprint density at radius 3 is 2.18 bits per heavy atom. The van der Waals surface area contributed by atoms with Gasteiger partial charge in [0, 0.05) is 5.56 Å². The van der Waals surface area contributed by atoms with E-state index in [2.05, 4.69) is 5.18 Å². The molecule has 0 aromatic heterocycles. The summed E-state index contributed by atoms with van der Waals surface area (Å²) >= 11 is 0. The lowest BCUT2D eigenvalue weighted by Gasteiger charge is -1.92. The first-order valence-corrected chi connectivity index (χ1v) is 2.97. The molecule has 0 aliphatic heterocycles. The molecule has 1 aromatic carbocycles. The third kappa shape index (κ3) is 1.61. The van der Waals surface area contributed by atoms with Gasteiger partial charge in [-0.25, -0.2) is 0 Å². The van der Waals surface area contributed by atoms with Crippen molar-refractivity contribution >= 4 is 11.6 Å². The minimum Gasteiger partial charge on any atom is -0.366 e. The fourth-order valence-corrected chi connectivity index (χ4v) is 0.687. The first-order valence-electron chi connectivity index (χ1n) is 2.97. The normalized spacial score (nSPS) is 9.09. The maximum Gasteiger partial charge on any atom is 0.248 e. The van der Waals surface area contributed by atoms with Gasteiger partial charge in [0.1, 0.15) is 5.69 Å². The SMILES string of the molecule is NC(=O)c1ccc(N=O)cc1. The minimum absolute atomic E-state index is 0.287. The molecule has 0 bridgehead atoms. The second-order valence-electron chi connectivity index (χ2n) is 2.00. The number of amides is 1. The predicted molar refractivity (Wildman–Crippen MR) is 40.4 cm³/mol. The zero-order valence-electron chi connectivity index (χ0n) is 5.65. The van der Waals surface area contributed by atoms with Gasteiger partial charge in [0.05, 0.1) is 0 Å². The van der Waals surface area contributed by atoms with Crippen LogP contribution in [0.25, 0.3) is 0 Å². The number of carbonyl (C=O) groups is 1. The summed E-state index contributed by atoms with van der Waals surface area (Å²) < 4.78 is 0. The van der Waals surface area contributed by atoms with Crippen LogP contribution in [0, 0.1) is 4.91 Å². The Labute approximate surface area is 63.0 Å². The molecule has 0 saturated carbocycles. The number of primary amides is 1. The smallest absolute Gasteiger partial charge is 0.248 e. The molecular formula is C7H6N2O2. The summed E-state index contributed by atoms with van der Waals surface area (Å²) in [5.41, 5.74) is 5.62. The van der Waals surface area contributed by atoms with Crippen LogP contribution < -0.4 is 5.73 Å². The maximum atomic E-state index is 10.5. The zero-order valence-corrected chi connectivity index (χ0v) is 5.65. The van der Waals surface area contributed by atoms with Crippen molar-refractivity contribution in [3.8, 4) is 0 Å². The number of rotatable bonds is 2. The number of hydrogen-bond acceptors (Lipinski definition) is 3. The van der Waals surface area contributed by atoms with Crippen LogP contribution >= 0.6 is 0 Å². The van der Waals surface area contributed by atoms with Crippen LogP contribution in [0.5, 0.6) is 0 Å². The third-order valence-electron chi connectivity index (χ3n) is 1.26. The van der Waals surface area contributed by atoms with E-state index in [1.54, 1.807) is 0 Å². The molecule has 56 valence electrons. The third-order valence-corrected chi connectivity index (χ3v) is 1.26. The lowest BCUT2D eigenvalue weighted by molar-refractivity contribution is 0.100. The van der Waals surface area contributed by atoms with Gasteiger partial charge in [-0.05, 0) is 29.4 Å². The largest absolute Gasteiger partial charge is 0.366 e. The second kappa shape index (κ2) is 2.92. The predicted octanol–water partition coefficient (Wildman–Crippen LogP) is 1.18. The van der Waals surface area contributed by atoms with Crippen molar-refractivity contribution in [3.05, 3.63) is 34.7 Å². The van der Waals surface area contributed by atoms with Crippen molar-refractivity contribution in [1.29, 1.82) is 0 Å². The van der Waals surface area contributed by atoms with Gasteiger partial charge < -0.3 is 5.73 Å². The lowest BCUT2D eigenvalue weighted by Crippen LogP contribution is -2.10. The summed E-state index contributed by atoms with van der Waals surface area (Å²) in [6.07, 6.45) is 0. The molecule has 0 fully saturated rings. The van der Waals surface area contributed by atoms with E-state index in [1.165, 1.54) is 24.3 Å². The van der Waals surface area contributed by atoms with Crippen LogP contribution in [0.1, 0.15) is 10.4 Å². The standard InChI is InChI=1S/C7H6N2O2/c8-7(10)5-1-3-6(9-11)4-2-5/h1-4H,(H2,8,10). The van der Waals surface area contributed by atoms with Crippen molar-refractivity contribution in [2.45, 2.75) is 0 Å². The van der Waals surface area contributed by atoms with Crippen LogP contribution in [0.15, 0.2) is 29.4 Å². The molecule has 4 heteroatoms. The average molecular weight is 150 g/mol. The summed E-state index contributed by atoms with van der Waals surface area (Å²) in [6.45, 7) is 0. The Morgan fingerprint density at radius 1 is 1.27 bits per heavy atom. The molecule has 0 heterocycles.